The Kier molecular flexibility index (Phi) is 2.94. The molecule has 0 saturated heterocycles. The normalized spacial score (nSPS) is 10.8. The van der Waals surface area contributed by atoms with Crippen molar-refractivity contribution in [1.82, 2.24) is 20.2 Å². The molecule has 0 aliphatic heterocycles. The average Bonchev–Trinajstić information content (AvgIpc) is 2.95. The Morgan fingerprint density at radius 1 is 0.850 bits per heavy atom. The molecule has 0 bridgehead atoms. The molecule has 0 aliphatic rings. The van der Waals surface area contributed by atoms with Crippen molar-refractivity contribution in [2.24, 2.45) is 0 Å². The maximum absolute atomic E-state index is 13.2. The third-order valence-corrected chi connectivity index (χ3v) is 2.73. The highest BCUT2D eigenvalue weighted by molar-refractivity contribution is 5.67. The fourth-order valence-electron chi connectivity index (χ4n) is 1.76. The van der Waals surface area contributed by atoms with Crippen LogP contribution in [-0.2, 0) is 0 Å². The van der Waals surface area contributed by atoms with E-state index < -0.39 is 17.5 Å². The number of aromatic amines is 1. The fourth-order valence-corrected chi connectivity index (χ4v) is 1.76. The van der Waals surface area contributed by atoms with Crippen molar-refractivity contribution in [3.05, 3.63) is 54.4 Å². The third-order valence-electron chi connectivity index (χ3n) is 2.73. The molecule has 100 valence electrons. The molecule has 7 heteroatoms. The molecule has 1 N–H and O–H groups in total. The van der Waals surface area contributed by atoms with Crippen LogP contribution < -0.4 is 0 Å². The number of aromatic nitrogens is 4. The molecule has 0 saturated carbocycles. The van der Waals surface area contributed by atoms with E-state index in [0.717, 1.165) is 12.1 Å². The van der Waals surface area contributed by atoms with Gasteiger partial charge in [0.05, 0.1) is 11.4 Å². The van der Waals surface area contributed by atoms with E-state index in [9.17, 15) is 13.2 Å². The second-order valence-corrected chi connectivity index (χ2v) is 4.05. The van der Waals surface area contributed by atoms with Gasteiger partial charge in [-0.3, -0.25) is 5.10 Å². The topological polar surface area (TPSA) is 54.5 Å². The number of H-pyrrole nitrogens is 1. The average molecular weight is 276 g/mol. The van der Waals surface area contributed by atoms with Gasteiger partial charge in [-0.25, -0.2) is 23.1 Å². The lowest BCUT2D eigenvalue weighted by Crippen LogP contribution is -1.91. The number of benzene rings is 1. The van der Waals surface area contributed by atoms with Crippen molar-refractivity contribution < 1.29 is 13.2 Å². The Morgan fingerprint density at radius 2 is 1.50 bits per heavy atom. The van der Waals surface area contributed by atoms with E-state index in [4.69, 9.17) is 0 Å². The molecule has 2 heterocycles. The summed E-state index contributed by atoms with van der Waals surface area (Å²) >= 11 is 0. The number of rotatable bonds is 2. The highest BCUT2D eigenvalue weighted by Crippen LogP contribution is 2.25. The Labute approximate surface area is 111 Å². The number of halogens is 3. The zero-order valence-corrected chi connectivity index (χ0v) is 9.94. The first-order valence-corrected chi connectivity index (χ1v) is 5.61. The van der Waals surface area contributed by atoms with Gasteiger partial charge in [-0.15, -0.1) is 0 Å². The van der Waals surface area contributed by atoms with Gasteiger partial charge in [0.2, 0.25) is 0 Å². The second-order valence-electron chi connectivity index (χ2n) is 4.05. The van der Waals surface area contributed by atoms with Gasteiger partial charge in [0.1, 0.15) is 6.33 Å². The first-order chi connectivity index (χ1) is 9.65. The van der Waals surface area contributed by atoms with Crippen LogP contribution in [0.1, 0.15) is 0 Å². The van der Waals surface area contributed by atoms with Gasteiger partial charge >= 0.3 is 0 Å². The maximum atomic E-state index is 13.2. The molecule has 3 aromatic rings. The largest absolute Gasteiger partial charge is 0.277 e. The zero-order chi connectivity index (χ0) is 14.1. The molecule has 0 spiro atoms. The van der Waals surface area contributed by atoms with Crippen LogP contribution in [-0.4, -0.2) is 20.2 Å². The van der Waals surface area contributed by atoms with E-state index in [1.165, 1.54) is 6.33 Å². The fraction of sp³-hybridized carbons (Fsp3) is 0. The van der Waals surface area contributed by atoms with Gasteiger partial charge in [-0.05, 0) is 18.2 Å². The van der Waals surface area contributed by atoms with E-state index in [1.807, 2.05) is 0 Å². The Morgan fingerprint density at radius 3 is 2.15 bits per heavy atom. The predicted molar refractivity (Wildman–Crippen MR) is 64.9 cm³/mol. The molecule has 20 heavy (non-hydrogen) atoms. The minimum absolute atomic E-state index is 0.164. The van der Waals surface area contributed by atoms with Crippen molar-refractivity contribution in [3.63, 3.8) is 0 Å². The molecule has 2 aromatic heterocycles. The van der Waals surface area contributed by atoms with Gasteiger partial charge in [0.25, 0.3) is 0 Å². The summed E-state index contributed by atoms with van der Waals surface area (Å²) in [4.78, 5) is 7.70. The van der Waals surface area contributed by atoms with E-state index >= 15 is 0 Å². The molecule has 0 fully saturated rings. The lowest BCUT2D eigenvalue weighted by atomic mass is 10.1. The van der Waals surface area contributed by atoms with Crippen molar-refractivity contribution in [1.29, 1.82) is 0 Å². The zero-order valence-electron chi connectivity index (χ0n) is 9.94. The van der Waals surface area contributed by atoms with Crippen LogP contribution in [0.4, 0.5) is 13.2 Å². The quantitative estimate of drug-likeness (QED) is 0.732. The highest BCUT2D eigenvalue weighted by atomic mass is 19.2. The molecule has 0 radical (unpaired) electrons. The molecule has 4 nitrogen and oxygen atoms in total. The lowest BCUT2D eigenvalue weighted by molar-refractivity contribution is 0.447. The Balaban J connectivity index is 2.03. The van der Waals surface area contributed by atoms with Gasteiger partial charge in [-0.1, -0.05) is 0 Å². The van der Waals surface area contributed by atoms with Crippen LogP contribution in [0.3, 0.4) is 0 Å². The molecule has 0 amide bonds. The molecular formula is C13H7F3N4. The van der Waals surface area contributed by atoms with Gasteiger partial charge in [-0.2, -0.15) is 5.10 Å². The smallest absolute Gasteiger partial charge is 0.194 e. The second kappa shape index (κ2) is 4.76. The van der Waals surface area contributed by atoms with Gasteiger partial charge in [0, 0.05) is 23.5 Å². The molecule has 0 aliphatic carbocycles. The van der Waals surface area contributed by atoms with Gasteiger partial charge < -0.3 is 0 Å². The summed E-state index contributed by atoms with van der Waals surface area (Å²) in [5.74, 6) is -4.00. The number of hydrogen-bond donors (Lipinski definition) is 1. The number of nitrogens with zero attached hydrogens (tertiary/aromatic N) is 3. The van der Waals surface area contributed by atoms with Crippen molar-refractivity contribution in [3.8, 4) is 22.5 Å². The summed E-state index contributed by atoms with van der Waals surface area (Å²) in [7, 11) is 0. The number of hydrogen-bond acceptors (Lipinski definition) is 3. The minimum Gasteiger partial charge on any atom is -0.277 e. The molecule has 0 atom stereocenters. The highest BCUT2D eigenvalue weighted by Gasteiger charge is 2.13. The molecular weight excluding hydrogens is 269 g/mol. The Bertz CT molecular complexity index is 732. The SMILES string of the molecule is Fc1cc(-c2cc(-c3cncnc3)n[nH]2)cc(F)c1F. The minimum atomic E-state index is -1.50. The summed E-state index contributed by atoms with van der Waals surface area (Å²) < 4.78 is 39.3. The van der Waals surface area contributed by atoms with Crippen LogP contribution in [0.5, 0.6) is 0 Å². The van der Waals surface area contributed by atoms with E-state index in [0.29, 0.717) is 17.0 Å². The van der Waals surface area contributed by atoms with E-state index in [-0.39, 0.29) is 5.56 Å². The third kappa shape index (κ3) is 2.13. The van der Waals surface area contributed by atoms with Crippen LogP contribution in [0.2, 0.25) is 0 Å². The van der Waals surface area contributed by atoms with E-state index in [1.54, 1.807) is 18.5 Å². The van der Waals surface area contributed by atoms with Crippen LogP contribution in [0.25, 0.3) is 22.5 Å². The molecule has 1 aromatic carbocycles. The molecule has 3 rings (SSSR count). The Hall–Kier alpha value is -2.70. The monoisotopic (exact) mass is 276 g/mol. The summed E-state index contributed by atoms with van der Waals surface area (Å²) in [6, 6.07) is 3.37. The van der Waals surface area contributed by atoms with Crippen LogP contribution in [0.15, 0.2) is 36.9 Å². The van der Waals surface area contributed by atoms with Gasteiger partial charge in [0.15, 0.2) is 17.5 Å². The van der Waals surface area contributed by atoms with Crippen molar-refractivity contribution in [2.45, 2.75) is 0 Å². The maximum Gasteiger partial charge on any atom is 0.194 e. The van der Waals surface area contributed by atoms with Crippen LogP contribution in [0, 0.1) is 17.5 Å². The van der Waals surface area contributed by atoms with Crippen molar-refractivity contribution >= 4 is 0 Å². The first-order valence-electron chi connectivity index (χ1n) is 5.61. The lowest BCUT2D eigenvalue weighted by Gasteiger charge is -2.00. The van der Waals surface area contributed by atoms with Crippen LogP contribution >= 0.6 is 0 Å². The van der Waals surface area contributed by atoms with E-state index in [2.05, 4.69) is 20.2 Å². The first kappa shape index (κ1) is 12.3. The summed E-state index contributed by atoms with van der Waals surface area (Å²) in [5, 5.41) is 6.63. The standard InChI is InChI=1S/C13H7F3N4/c14-9-1-7(2-10(15)13(9)16)11-3-12(20-19-11)8-4-17-6-18-5-8/h1-6H,(H,19,20). The van der Waals surface area contributed by atoms with Crippen molar-refractivity contribution in [2.75, 3.05) is 0 Å². The number of nitrogens with one attached hydrogen (secondary N) is 1. The summed E-state index contributed by atoms with van der Waals surface area (Å²) in [5.41, 5.74) is 1.70. The summed E-state index contributed by atoms with van der Waals surface area (Å²) in [6.45, 7) is 0. The molecule has 0 unspecified atom stereocenters. The predicted octanol–water partition coefficient (Wildman–Crippen LogP) is 2.95. The summed E-state index contributed by atoms with van der Waals surface area (Å²) in [6.07, 6.45) is 4.49.